The summed E-state index contributed by atoms with van der Waals surface area (Å²) in [6.07, 6.45) is 2.64. The molecule has 0 saturated heterocycles. The molecule has 0 bridgehead atoms. The van der Waals surface area contributed by atoms with Gasteiger partial charge in [-0.1, -0.05) is 48.5 Å². The van der Waals surface area contributed by atoms with E-state index in [1.165, 1.54) is 4.88 Å². The molecule has 0 radical (unpaired) electrons. The Kier molecular flexibility index (Phi) is 5.35. The smallest absolute Gasteiger partial charge is 0.278 e. The largest absolute Gasteiger partial charge is 0.497 e. The van der Waals surface area contributed by atoms with Crippen molar-refractivity contribution in [1.82, 2.24) is 4.90 Å². The molecule has 0 saturated carbocycles. The molecule has 1 amide bonds. The summed E-state index contributed by atoms with van der Waals surface area (Å²) in [7, 11) is 1.63. The number of ether oxygens (including phenoxy) is 1. The zero-order valence-corrected chi connectivity index (χ0v) is 16.4. The fraction of sp³-hybridized carbons (Fsp3) is 0.130. The molecule has 0 fully saturated rings. The number of amidine groups is 1. The normalized spacial score (nSPS) is 15.2. The Morgan fingerprint density at radius 3 is 2.50 bits per heavy atom. The van der Waals surface area contributed by atoms with E-state index in [-0.39, 0.29) is 5.91 Å². The second-order valence-corrected chi connectivity index (χ2v) is 7.42. The van der Waals surface area contributed by atoms with Gasteiger partial charge in [-0.15, -0.1) is 11.3 Å². The van der Waals surface area contributed by atoms with E-state index in [1.54, 1.807) is 23.3 Å². The first-order valence-corrected chi connectivity index (χ1v) is 9.96. The van der Waals surface area contributed by atoms with Crippen molar-refractivity contribution >= 4 is 29.2 Å². The van der Waals surface area contributed by atoms with Crippen molar-refractivity contribution in [3.8, 4) is 5.75 Å². The number of hydrogen-bond acceptors (Lipinski definition) is 4. The number of methoxy groups -OCH3 is 1. The summed E-state index contributed by atoms with van der Waals surface area (Å²) in [5.41, 5.74) is 2.32. The Balaban J connectivity index is 1.64. The number of rotatable bonds is 6. The lowest BCUT2D eigenvalue weighted by Gasteiger charge is -2.18. The predicted octanol–water partition coefficient (Wildman–Crippen LogP) is 4.63. The topological polar surface area (TPSA) is 41.9 Å². The van der Waals surface area contributed by atoms with Crippen LogP contribution < -0.4 is 4.74 Å². The molecule has 28 heavy (non-hydrogen) atoms. The number of thiophene rings is 1. The monoisotopic (exact) mass is 388 g/mol. The van der Waals surface area contributed by atoms with Crippen LogP contribution in [0.2, 0.25) is 0 Å². The van der Waals surface area contributed by atoms with Crippen molar-refractivity contribution in [2.75, 3.05) is 13.7 Å². The van der Waals surface area contributed by atoms with Crippen molar-refractivity contribution in [3.05, 3.63) is 93.8 Å². The summed E-state index contributed by atoms with van der Waals surface area (Å²) in [5.74, 6) is 1.43. The molecule has 0 aliphatic carbocycles. The van der Waals surface area contributed by atoms with Crippen LogP contribution in [0.5, 0.6) is 5.75 Å². The van der Waals surface area contributed by atoms with Crippen LogP contribution in [0.4, 0.5) is 0 Å². The van der Waals surface area contributed by atoms with Crippen LogP contribution >= 0.6 is 11.3 Å². The minimum atomic E-state index is -0.0637. The van der Waals surface area contributed by atoms with E-state index < -0.39 is 0 Å². The molecule has 1 aromatic heterocycles. The van der Waals surface area contributed by atoms with Gasteiger partial charge in [0.2, 0.25) is 0 Å². The van der Waals surface area contributed by atoms with Gasteiger partial charge >= 0.3 is 0 Å². The number of aliphatic imine (C=N–C) groups is 1. The molecule has 1 aliphatic rings. The van der Waals surface area contributed by atoms with Crippen LogP contribution in [0.25, 0.3) is 6.08 Å². The van der Waals surface area contributed by atoms with Gasteiger partial charge in [-0.3, -0.25) is 9.69 Å². The summed E-state index contributed by atoms with van der Waals surface area (Å²) in [6, 6.07) is 21.6. The summed E-state index contributed by atoms with van der Waals surface area (Å²) in [6.45, 7) is 0.604. The third-order valence-corrected chi connectivity index (χ3v) is 5.50. The molecule has 0 N–H and O–H groups in total. The number of carbonyl (C=O) groups excluding carboxylic acids is 1. The van der Waals surface area contributed by atoms with Gasteiger partial charge in [0.1, 0.15) is 17.3 Å². The molecule has 0 atom stereocenters. The lowest BCUT2D eigenvalue weighted by molar-refractivity contribution is -0.122. The zero-order valence-electron chi connectivity index (χ0n) is 15.5. The van der Waals surface area contributed by atoms with Crippen LogP contribution in [0.3, 0.4) is 0 Å². The third kappa shape index (κ3) is 3.89. The predicted molar refractivity (Wildman–Crippen MR) is 114 cm³/mol. The van der Waals surface area contributed by atoms with Crippen LogP contribution in [0.15, 0.2) is 82.8 Å². The van der Waals surface area contributed by atoms with E-state index in [0.29, 0.717) is 18.1 Å². The van der Waals surface area contributed by atoms with Crippen LogP contribution in [-0.2, 0) is 11.2 Å². The fourth-order valence-corrected chi connectivity index (χ4v) is 3.80. The van der Waals surface area contributed by atoms with Gasteiger partial charge in [0.05, 0.1) is 7.11 Å². The Morgan fingerprint density at radius 2 is 1.82 bits per heavy atom. The standard InChI is InChI=1S/C23H20N2O2S/c1-27-19-11-9-17(10-12-19)16-21-23(26)25(14-13-20-8-5-15-28-20)22(24-21)18-6-3-2-4-7-18/h2-12,15-16H,13-14H2,1H3/b21-16-. The molecule has 0 unspecified atom stereocenters. The van der Waals surface area contributed by atoms with Gasteiger partial charge in [0, 0.05) is 17.0 Å². The number of amides is 1. The average molecular weight is 388 g/mol. The van der Waals surface area contributed by atoms with E-state index in [4.69, 9.17) is 4.74 Å². The highest BCUT2D eigenvalue weighted by atomic mass is 32.1. The number of hydrogen-bond donors (Lipinski definition) is 0. The Labute approximate surface area is 168 Å². The Morgan fingerprint density at radius 1 is 1.04 bits per heavy atom. The van der Waals surface area contributed by atoms with E-state index in [2.05, 4.69) is 16.4 Å². The highest BCUT2D eigenvalue weighted by Crippen LogP contribution is 2.24. The van der Waals surface area contributed by atoms with Gasteiger partial charge in [-0.05, 0) is 41.6 Å². The molecule has 4 nitrogen and oxygen atoms in total. The number of benzene rings is 2. The first-order valence-electron chi connectivity index (χ1n) is 9.09. The first-order chi connectivity index (χ1) is 13.7. The molecular weight excluding hydrogens is 368 g/mol. The minimum absolute atomic E-state index is 0.0637. The molecule has 0 spiro atoms. The summed E-state index contributed by atoms with van der Waals surface area (Å²) in [5, 5.41) is 2.06. The van der Waals surface area contributed by atoms with Crippen molar-refractivity contribution in [3.63, 3.8) is 0 Å². The quantitative estimate of drug-likeness (QED) is 0.578. The second kappa shape index (κ2) is 8.23. The number of carbonyl (C=O) groups is 1. The summed E-state index contributed by atoms with van der Waals surface area (Å²) < 4.78 is 5.20. The molecule has 2 aromatic carbocycles. The van der Waals surface area contributed by atoms with Gasteiger partial charge in [-0.25, -0.2) is 4.99 Å². The minimum Gasteiger partial charge on any atom is -0.497 e. The SMILES string of the molecule is COc1ccc(/C=C2\N=C(c3ccccc3)N(CCc3cccs3)C2=O)cc1. The maximum absolute atomic E-state index is 13.1. The van der Waals surface area contributed by atoms with E-state index in [0.717, 1.165) is 23.3 Å². The zero-order chi connectivity index (χ0) is 19.3. The molecular formula is C23H20N2O2S. The van der Waals surface area contributed by atoms with Crippen LogP contribution in [0.1, 0.15) is 16.0 Å². The molecule has 1 aliphatic heterocycles. The van der Waals surface area contributed by atoms with Gasteiger partial charge in [-0.2, -0.15) is 0 Å². The van der Waals surface area contributed by atoms with E-state index in [9.17, 15) is 4.79 Å². The lowest BCUT2D eigenvalue weighted by atomic mass is 10.1. The van der Waals surface area contributed by atoms with E-state index in [1.807, 2.05) is 66.7 Å². The maximum atomic E-state index is 13.1. The molecule has 4 rings (SSSR count). The first kappa shape index (κ1) is 18.2. The average Bonchev–Trinajstić information content (AvgIpc) is 3.36. The van der Waals surface area contributed by atoms with Crippen LogP contribution in [-0.4, -0.2) is 30.3 Å². The van der Waals surface area contributed by atoms with Crippen molar-refractivity contribution < 1.29 is 9.53 Å². The molecule has 2 heterocycles. The molecule has 140 valence electrons. The lowest BCUT2D eigenvalue weighted by Crippen LogP contribution is -2.34. The molecule has 3 aromatic rings. The molecule has 5 heteroatoms. The highest BCUT2D eigenvalue weighted by molar-refractivity contribution is 7.09. The summed E-state index contributed by atoms with van der Waals surface area (Å²) in [4.78, 5) is 20.8. The van der Waals surface area contributed by atoms with Crippen LogP contribution in [0, 0.1) is 0 Å². The van der Waals surface area contributed by atoms with Gasteiger partial charge < -0.3 is 4.74 Å². The maximum Gasteiger partial charge on any atom is 0.278 e. The number of nitrogens with zero attached hydrogens (tertiary/aromatic N) is 2. The highest BCUT2D eigenvalue weighted by Gasteiger charge is 2.30. The Bertz CT molecular complexity index is 1010. The summed E-state index contributed by atoms with van der Waals surface area (Å²) >= 11 is 1.71. The Hall–Kier alpha value is -3.18. The second-order valence-electron chi connectivity index (χ2n) is 6.39. The van der Waals surface area contributed by atoms with Crippen molar-refractivity contribution in [1.29, 1.82) is 0 Å². The van der Waals surface area contributed by atoms with Gasteiger partial charge in [0.25, 0.3) is 5.91 Å². The van der Waals surface area contributed by atoms with Gasteiger partial charge in [0.15, 0.2) is 0 Å². The van der Waals surface area contributed by atoms with Crippen molar-refractivity contribution in [2.45, 2.75) is 6.42 Å². The van der Waals surface area contributed by atoms with E-state index >= 15 is 0 Å². The van der Waals surface area contributed by atoms with Crippen molar-refractivity contribution in [2.24, 2.45) is 4.99 Å². The fourth-order valence-electron chi connectivity index (χ4n) is 3.10. The third-order valence-electron chi connectivity index (χ3n) is 4.56.